The molecule has 4 heteroatoms. The summed E-state index contributed by atoms with van der Waals surface area (Å²) in [6.45, 7) is 0.592. The van der Waals surface area contributed by atoms with E-state index in [0.29, 0.717) is 18.7 Å². The first kappa shape index (κ1) is 11.0. The third kappa shape index (κ3) is 1.88. The number of para-hydroxylation sites is 1. The molecule has 0 saturated carbocycles. The van der Waals surface area contributed by atoms with Crippen molar-refractivity contribution in [2.45, 2.75) is 18.8 Å². The molecule has 16 heavy (non-hydrogen) atoms. The lowest BCUT2D eigenvalue weighted by Crippen LogP contribution is -2.24. The zero-order valence-corrected chi connectivity index (χ0v) is 9.32. The molecule has 0 aromatic heterocycles. The summed E-state index contributed by atoms with van der Waals surface area (Å²) in [6, 6.07) is 5.82. The summed E-state index contributed by atoms with van der Waals surface area (Å²) in [5, 5.41) is 2.86. The summed E-state index contributed by atoms with van der Waals surface area (Å²) in [7, 11) is 1.61. The van der Waals surface area contributed by atoms with Gasteiger partial charge >= 0.3 is 0 Å². The predicted octanol–water partition coefficient (Wildman–Crippen LogP) is 1.47. The van der Waals surface area contributed by atoms with E-state index in [1.54, 1.807) is 7.11 Å². The Balaban J connectivity index is 2.42. The normalized spacial score (nSPS) is 18.9. The van der Waals surface area contributed by atoms with E-state index < -0.39 is 0 Å². The maximum atomic E-state index is 11.6. The van der Waals surface area contributed by atoms with E-state index in [9.17, 15) is 4.79 Å². The van der Waals surface area contributed by atoms with E-state index in [1.807, 2.05) is 18.2 Å². The van der Waals surface area contributed by atoms with Crippen LogP contribution in [0.3, 0.4) is 0 Å². The highest BCUT2D eigenvalue weighted by Gasteiger charge is 2.26. The Morgan fingerprint density at radius 1 is 1.56 bits per heavy atom. The van der Waals surface area contributed by atoms with Crippen molar-refractivity contribution in [3.8, 4) is 5.75 Å². The van der Waals surface area contributed by atoms with Gasteiger partial charge in [-0.25, -0.2) is 0 Å². The number of benzene rings is 1. The Kier molecular flexibility index (Phi) is 3.10. The molecule has 2 rings (SSSR count). The molecule has 1 aromatic carbocycles. The van der Waals surface area contributed by atoms with Gasteiger partial charge in [0.2, 0.25) is 5.91 Å². The first-order valence-corrected chi connectivity index (χ1v) is 5.43. The number of hydrogen-bond donors (Lipinski definition) is 2. The summed E-state index contributed by atoms with van der Waals surface area (Å²) in [5.41, 5.74) is 7.50. The number of ether oxygens (including phenoxy) is 1. The molecule has 1 atom stereocenters. The highest BCUT2D eigenvalue weighted by atomic mass is 16.5. The van der Waals surface area contributed by atoms with Gasteiger partial charge in [0.05, 0.1) is 12.8 Å². The average Bonchev–Trinajstić information content (AvgIpc) is 2.28. The Labute approximate surface area is 94.8 Å². The van der Waals surface area contributed by atoms with Crippen LogP contribution in [0.2, 0.25) is 0 Å². The molecule has 1 unspecified atom stereocenters. The van der Waals surface area contributed by atoms with Gasteiger partial charge in [0.1, 0.15) is 5.75 Å². The molecule has 1 heterocycles. The fraction of sp³-hybridized carbons (Fsp3) is 0.417. The number of carbonyl (C=O) groups excluding carboxylic acids is 1. The fourth-order valence-corrected chi connectivity index (χ4v) is 2.18. The maximum Gasteiger partial charge on any atom is 0.225 e. The number of rotatable bonds is 3. The second kappa shape index (κ2) is 4.53. The van der Waals surface area contributed by atoms with Crippen molar-refractivity contribution in [2.75, 3.05) is 19.0 Å². The SMILES string of the molecule is COc1cccc2c1NC(=O)CC2CCN. The standard InChI is InChI=1S/C12H16N2O2/c1-16-10-4-2-3-9-8(5-6-13)7-11(15)14-12(9)10/h2-4,8H,5-7,13H2,1H3,(H,14,15). The third-order valence-electron chi connectivity index (χ3n) is 2.93. The van der Waals surface area contributed by atoms with Crippen LogP contribution in [0.15, 0.2) is 18.2 Å². The van der Waals surface area contributed by atoms with Gasteiger partial charge in [-0.1, -0.05) is 12.1 Å². The quantitative estimate of drug-likeness (QED) is 0.810. The van der Waals surface area contributed by atoms with Crippen molar-refractivity contribution in [2.24, 2.45) is 5.73 Å². The van der Waals surface area contributed by atoms with E-state index >= 15 is 0 Å². The van der Waals surface area contributed by atoms with E-state index in [2.05, 4.69) is 5.32 Å². The lowest BCUT2D eigenvalue weighted by molar-refractivity contribution is -0.116. The number of carbonyl (C=O) groups is 1. The summed E-state index contributed by atoms with van der Waals surface area (Å²) < 4.78 is 5.24. The molecule has 1 amide bonds. The fourth-order valence-electron chi connectivity index (χ4n) is 2.18. The van der Waals surface area contributed by atoms with Crippen LogP contribution < -0.4 is 15.8 Å². The molecule has 0 fully saturated rings. The lowest BCUT2D eigenvalue weighted by Gasteiger charge is -2.26. The van der Waals surface area contributed by atoms with Gasteiger partial charge in [0.25, 0.3) is 0 Å². The van der Waals surface area contributed by atoms with E-state index in [4.69, 9.17) is 10.5 Å². The molecule has 0 spiro atoms. The molecule has 4 nitrogen and oxygen atoms in total. The molecular weight excluding hydrogens is 204 g/mol. The Morgan fingerprint density at radius 2 is 2.38 bits per heavy atom. The third-order valence-corrected chi connectivity index (χ3v) is 2.93. The minimum absolute atomic E-state index is 0.0375. The summed E-state index contributed by atoms with van der Waals surface area (Å²) in [6.07, 6.45) is 1.34. The van der Waals surface area contributed by atoms with Crippen LogP contribution >= 0.6 is 0 Å². The van der Waals surface area contributed by atoms with Gasteiger partial charge in [0.15, 0.2) is 0 Å². The summed E-state index contributed by atoms with van der Waals surface area (Å²) >= 11 is 0. The van der Waals surface area contributed by atoms with E-state index in [-0.39, 0.29) is 11.8 Å². The van der Waals surface area contributed by atoms with Gasteiger partial charge < -0.3 is 15.8 Å². The molecule has 0 bridgehead atoms. The van der Waals surface area contributed by atoms with E-state index in [0.717, 1.165) is 17.7 Å². The lowest BCUT2D eigenvalue weighted by atomic mass is 9.88. The van der Waals surface area contributed by atoms with Crippen molar-refractivity contribution >= 4 is 11.6 Å². The van der Waals surface area contributed by atoms with Crippen molar-refractivity contribution in [1.82, 2.24) is 0 Å². The van der Waals surface area contributed by atoms with Crippen LogP contribution in [0, 0.1) is 0 Å². The van der Waals surface area contributed by atoms with Crippen LogP contribution in [0.5, 0.6) is 5.75 Å². The Bertz CT molecular complexity index is 404. The number of hydrogen-bond acceptors (Lipinski definition) is 3. The van der Waals surface area contributed by atoms with Gasteiger partial charge in [-0.15, -0.1) is 0 Å². The van der Waals surface area contributed by atoms with Crippen LogP contribution in [-0.2, 0) is 4.79 Å². The first-order valence-electron chi connectivity index (χ1n) is 5.43. The average molecular weight is 220 g/mol. The molecule has 1 aliphatic heterocycles. The molecule has 1 aliphatic rings. The molecule has 0 radical (unpaired) electrons. The van der Waals surface area contributed by atoms with Gasteiger partial charge in [-0.3, -0.25) is 4.79 Å². The van der Waals surface area contributed by atoms with Crippen molar-refractivity contribution in [1.29, 1.82) is 0 Å². The summed E-state index contributed by atoms with van der Waals surface area (Å²) in [5.74, 6) is 0.965. The van der Waals surface area contributed by atoms with Gasteiger partial charge in [-0.05, 0) is 30.5 Å². The second-order valence-electron chi connectivity index (χ2n) is 3.95. The number of amides is 1. The highest BCUT2D eigenvalue weighted by molar-refractivity contribution is 5.96. The number of methoxy groups -OCH3 is 1. The van der Waals surface area contributed by atoms with Crippen molar-refractivity contribution in [3.63, 3.8) is 0 Å². The smallest absolute Gasteiger partial charge is 0.225 e. The van der Waals surface area contributed by atoms with Crippen LogP contribution in [0.1, 0.15) is 24.3 Å². The van der Waals surface area contributed by atoms with Crippen LogP contribution in [0.25, 0.3) is 0 Å². The second-order valence-corrected chi connectivity index (χ2v) is 3.95. The largest absolute Gasteiger partial charge is 0.495 e. The molecule has 0 saturated heterocycles. The first-order chi connectivity index (χ1) is 7.76. The number of nitrogens with two attached hydrogens (primary N) is 1. The van der Waals surface area contributed by atoms with Gasteiger partial charge in [-0.2, -0.15) is 0 Å². The maximum absolute atomic E-state index is 11.6. The number of nitrogens with one attached hydrogen (secondary N) is 1. The van der Waals surface area contributed by atoms with Crippen LogP contribution in [0.4, 0.5) is 5.69 Å². The molecular formula is C12H16N2O2. The highest BCUT2D eigenvalue weighted by Crippen LogP contribution is 2.39. The summed E-state index contributed by atoms with van der Waals surface area (Å²) in [4.78, 5) is 11.6. The van der Waals surface area contributed by atoms with E-state index in [1.165, 1.54) is 0 Å². The molecule has 86 valence electrons. The molecule has 3 N–H and O–H groups in total. The van der Waals surface area contributed by atoms with Crippen molar-refractivity contribution < 1.29 is 9.53 Å². The Morgan fingerprint density at radius 3 is 3.06 bits per heavy atom. The van der Waals surface area contributed by atoms with Crippen LogP contribution in [-0.4, -0.2) is 19.6 Å². The molecule has 0 aliphatic carbocycles. The zero-order valence-electron chi connectivity index (χ0n) is 9.32. The van der Waals surface area contributed by atoms with Gasteiger partial charge in [0, 0.05) is 6.42 Å². The monoisotopic (exact) mass is 220 g/mol. The minimum atomic E-state index is 0.0375. The number of fused-ring (bicyclic) bond motifs is 1. The molecule has 1 aromatic rings. The minimum Gasteiger partial charge on any atom is -0.495 e. The predicted molar refractivity (Wildman–Crippen MR) is 62.7 cm³/mol. The zero-order chi connectivity index (χ0) is 11.5. The Hall–Kier alpha value is -1.55. The number of anilines is 1. The van der Waals surface area contributed by atoms with Crippen molar-refractivity contribution in [3.05, 3.63) is 23.8 Å². The topological polar surface area (TPSA) is 64.3 Å².